The van der Waals surface area contributed by atoms with E-state index in [0.717, 1.165) is 5.39 Å². The Labute approximate surface area is 99.7 Å². The molecule has 0 aliphatic carbocycles. The van der Waals surface area contributed by atoms with E-state index < -0.39 is 5.97 Å². The number of carbonyl (C=O) groups is 1. The third kappa shape index (κ3) is 1.93. The third-order valence-corrected chi connectivity index (χ3v) is 3.62. The minimum atomic E-state index is -0.540. The summed E-state index contributed by atoms with van der Waals surface area (Å²) in [5.41, 5.74) is 0.651. The molecule has 0 amide bonds. The first-order valence-corrected chi connectivity index (χ1v) is 7.98. The van der Waals surface area contributed by atoms with Gasteiger partial charge in [-0.25, -0.2) is 19.2 Å². The first-order valence-electron chi connectivity index (χ1n) is 3.92. The summed E-state index contributed by atoms with van der Waals surface area (Å²) in [5, 5.41) is 4.92. The summed E-state index contributed by atoms with van der Waals surface area (Å²) >= 11 is 2.19. The number of aromatic nitrogens is 4. The quantitative estimate of drug-likeness (QED) is 0.471. The second kappa shape index (κ2) is 4.36. The Kier molecular flexibility index (Phi) is 3.11. The van der Waals surface area contributed by atoms with E-state index in [1.54, 1.807) is 16.8 Å². The van der Waals surface area contributed by atoms with Crippen molar-refractivity contribution in [1.29, 1.82) is 0 Å². The molecule has 0 N–H and O–H groups in total. The summed E-state index contributed by atoms with van der Waals surface area (Å²) < 4.78 is 6.25. The van der Waals surface area contributed by atoms with Gasteiger partial charge < -0.3 is 4.74 Å². The lowest BCUT2D eigenvalue weighted by atomic mass is 10.4. The van der Waals surface area contributed by atoms with Gasteiger partial charge in [-0.05, 0) is 22.0 Å². The van der Waals surface area contributed by atoms with Gasteiger partial charge in [-0.1, -0.05) is 0 Å². The van der Waals surface area contributed by atoms with Gasteiger partial charge in [-0.3, -0.25) is 0 Å². The summed E-state index contributed by atoms with van der Waals surface area (Å²) in [7, 11) is 1.30. The van der Waals surface area contributed by atoms with Gasteiger partial charge in [-0.2, -0.15) is 5.10 Å². The molecule has 0 aliphatic rings. The van der Waals surface area contributed by atoms with Crippen LogP contribution in [0.15, 0.2) is 12.4 Å². The lowest BCUT2D eigenvalue weighted by Gasteiger charge is -1.98. The van der Waals surface area contributed by atoms with E-state index in [0.29, 0.717) is 12.0 Å². The fourth-order valence-corrected chi connectivity index (χ4v) is 2.49. The average molecular weight is 336 g/mol. The molecule has 2 aromatic rings. The molecule has 0 fully saturated rings. The topological polar surface area (TPSA) is 69.9 Å². The zero-order chi connectivity index (χ0) is 10.8. The molecule has 0 aliphatic heterocycles. The third-order valence-electron chi connectivity index (χ3n) is 1.76. The summed E-state index contributed by atoms with van der Waals surface area (Å²) in [6.07, 6.45) is 3.67. The van der Waals surface area contributed by atoms with Crippen molar-refractivity contribution in [2.45, 2.75) is 0 Å². The number of halogens is 1. The van der Waals surface area contributed by atoms with Crippen molar-refractivity contribution in [2.75, 3.05) is 7.11 Å². The van der Waals surface area contributed by atoms with E-state index in [1.807, 2.05) is 0 Å². The van der Waals surface area contributed by atoms with E-state index in [-0.39, 0.29) is 5.82 Å². The summed E-state index contributed by atoms with van der Waals surface area (Å²) in [5.74, 6) is -0.483. The lowest BCUT2D eigenvalue weighted by molar-refractivity contribution is 0.0587. The molecule has 8 heteroatoms. The second-order valence-electron chi connectivity index (χ2n) is 2.61. The van der Waals surface area contributed by atoms with Crippen LogP contribution in [0.4, 0.5) is 0 Å². The van der Waals surface area contributed by atoms with Crippen LogP contribution in [0.25, 0.3) is 11.0 Å². The molecule has 0 aromatic carbocycles. The summed E-state index contributed by atoms with van der Waals surface area (Å²) in [6, 6.07) is 0. The van der Waals surface area contributed by atoms with Gasteiger partial charge in [0, 0.05) is 6.20 Å². The van der Waals surface area contributed by atoms with Crippen molar-refractivity contribution in [2.24, 2.45) is 0 Å². The predicted octanol–water partition coefficient (Wildman–Crippen LogP) is 1.40. The molecule has 0 radical (unpaired) electrons. The minimum Gasteiger partial charge on any atom is -0.463 e. The fourth-order valence-electron chi connectivity index (χ4n) is 1.07. The highest BCUT2D eigenvalue weighted by atomic mass is 127. The standard InChI is InChI=1S/C7H6IN4O2P/c1-14-7(13)5-9-2-4-3-10-12(15-8)6(4)11-5/h2-3,15H,1H3. The number of methoxy groups -OCH3 is 1. The maximum atomic E-state index is 11.2. The largest absolute Gasteiger partial charge is 0.463 e. The van der Waals surface area contributed by atoms with Gasteiger partial charge in [0.15, 0.2) is 5.65 Å². The molecule has 15 heavy (non-hydrogen) atoms. The summed E-state index contributed by atoms with van der Waals surface area (Å²) in [4.78, 5) is 19.2. The normalized spacial score (nSPS) is 11.3. The predicted molar refractivity (Wildman–Crippen MR) is 64.4 cm³/mol. The Balaban J connectivity index is 2.57. The van der Waals surface area contributed by atoms with Crippen LogP contribution in [0.2, 0.25) is 0 Å². The molecular formula is C7H6IN4O2P. The van der Waals surface area contributed by atoms with E-state index in [9.17, 15) is 4.79 Å². The van der Waals surface area contributed by atoms with E-state index in [4.69, 9.17) is 0 Å². The Hall–Kier alpha value is -0.820. The SMILES string of the molecule is COC(=O)c1ncc2cnn(PI)c2n1. The van der Waals surface area contributed by atoms with Crippen LogP contribution in [0, 0.1) is 0 Å². The fraction of sp³-hybridized carbons (Fsp3) is 0.143. The number of hydrogen-bond acceptors (Lipinski definition) is 5. The van der Waals surface area contributed by atoms with Crippen LogP contribution in [0.3, 0.4) is 0 Å². The van der Waals surface area contributed by atoms with Crippen molar-refractivity contribution >= 4 is 45.4 Å². The van der Waals surface area contributed by atoms with Gasteiger partial charge in [0.25, 0.3) is 0 Å². The number of carbonyl (C=O) groups excluding carboxylic acids is 1. The second-order valence-corrected chi connectivity index (χ2v) is 4.64. The number of esters is 1. The van der Waals surface area contributed by atoms with Crippen LogP contribution in [0.5, 0.6) is 0 Å². The van der Waals surface area contributed by atoms with Gasteiger partial charge in [0.2, 0.25) is 5.82 Å². The minimum absolute atomic E-state index is 0.0569. The van der Waals surface area contributed by atoms with E-state index >= 15 is 0 Å². The first kappa shape index (κ1) is 10.7. The van der Waals surface area contributed by atoms with E-state index in [1.165, 1.54) is 7.11 Å². The number of hydrogen-bond donors (Lipinski definition) is 0. The smallest absolute Gasteiger partial charge is 0.376 e. The molecule has 0 bridgehead atoms. The molecule has 1 atom stereocenters. The molecule has 1 unspecified atom stereocenters. The van der Waals surface area contributed by atoms with Crippen LogP contribution < -0.4 is 0 Å². The van der Waals surface area contributed by atoms with Crippen LogP contribution in [-0.4, -0.2) is 32.6 Å². The van der Waals surface area contributed by atoms with Crippen LogP contribution in [0.1, 0.15) is 10.6 Å². The maximum Gasteiger partial charge on any atom is 0.376 e. The Morgan fingerprint density at radius 2 is 2.40 bits per heavy atom. The Morgan fingerprint density at radius 1 is 1.60 bits per heavy atom. The molecule has 0 spiro atoms. The Morgan fingerprint density at radius 3 is 3.07 bits per heavy atom. The Bertz CT molecular complexity index is 515. The van der Waals surface area contributed by atoms with Gasteiger partial charge in [0.05, 0.1) is 25.1 Å². The average Bonchev–Trinajstić information content (AvgIpc) is 2.69. The molecule has 6 nitrogen and oxygen atoms in total. The van der Waals surface area contributed by atoms with Crippen molar-refractivity contribution in [3.05, 3.63) is 18.2 Å². The molecule has 78 valence electrons. The van der Waals surface area contributed by atoms with Crippen molar-refractivity contribution in [3.8, 4) is 0 Å². The number of rotatable bonds is 2. The van der Waals surface area contributed by atoms with E-state index in [2.05, 4.69) is 41.8 Å². The maximum absolute atomic E-state index is 11.2. The zero-order valence-corrected chi connectivity index (χ0v) is 10.8. The number of fused-ring (bicyclic) bond motifs is 1. The van der Waals surface area contributed by atoms with Gasteiger partial charge in [-0.15, -0.1) is 0 Å². The van der Waals surface area contributed by atoms with Crippen LogP contribution in [-0.2, 0) is 4.74 Å². The van der Waals surface area contributed by atoms with Crippen molar-refractivity contribution < 1.29 is 9.53 Å². The molecule has 2 heterocycles. The lowest BCUT2D eigenvalue weighted by Crippen LogP contribution is -2.07. The van der Waals surface area contributed by atoms with Crippen molar-refractivity contribution in [3.63, 3.8) is 0 Å². The highest BCUT2D eigenvalue weighted by molar-refractivity contribution is 14.2. The number of ether oxygens (including phenoxy) is 1. The summed E-state index contributed by atoms with van der Waals surface area (Å²) in [6.45, 7) is 0. The number of nitrogens with zero attached hydrogens (tertiary/aromatic N) is 4. The molecule has 2 aromatic heterocycles. The highest BCUT2D eigenvalue weighted by Gasteiger charge is 2.12. The molecule has 2 rings (SSSR count). The molecular weight excluding hydrogens is 330 g/mol. The van der Waals surface area contributed by atoms with Gasteiger partial charge in [0.1, 0.15) is 0 Å². The molecule has 0 saturated heterocycles. The zero-order valence-electron chi connectivity index (χ0n) is 7.64. The first-order chi connectivity index (χ1) is 7.26. The monoisotopic (exact) mass is 336 g/mol. The van der Waals surface area contributed by atoms with Gasteiger partial charge >= 0.3 is 5.97 Å². The van der Waals surface area contributed by atoms with Crippen molar-refractivity contribution in [1.82, 2.24) is 19.5 Å². The highest BCUT2D eigenvalue weighted by Crippen LogP contribution is 2.26. The molecule has 0 saturated carbocycles. The van der Waals surface area contributed by atoms with Crippen LogP contribution >= 0.6 is 28.4 Å².